The van der Waals surface area contributed by atoms with Gasteiger partial charge in [-0.1, -0.05) is 18.2 Å². The van der Waals surface area contributed by atoms with Crippen molar-refractivity contribution >= 4 is 52.2 Å². The monoisotopic (exact) mass is 948 g/mol. The lowest BCUT2D eigenvalue weighted by molar-refractivity contribution is -0.136. The van der Waals surface area contributed by atoms with E-state index in [1.54, 1.807) is 12.1 Å². The molecule has 6 aliphatic heterocycles. The lowest BCUT2D eigenvalue weighted by Crippen LogP contribution is -2.56. The van der Waals surface area contributed by atoms with Gasteiger partial charge in [0.05, 0.1) is 22.6 Å². The number of anilines is 2. The van der Waals surface area contributed by atoms with Crippen molar-refractivity contribution in [2.24, 2.45) is 5.92 Å². The largest absolute Gasteiger partial charge is 0.457 e. The number of ether oxygens (including phenoxy) is 1. The number of carbonyl (C=O) groups excluding carboxylic acids is 5. The minimum absolute atomic E-state index is 0.0935. The average Bonchev–Trinajstić information content (AvgIpc) is 3.91. The molecule has 18 nitrogen and oxygen atoms in total. The minimum atomic E-state index is -0.972. The van der Waals surface area contributed by atoms with Gasteiger partial charge in [0.2, 0.25) is 11.8 Å². The van der Waals surface area contributed by atoms with Crippen LogP contribution in [-0.4, -0.2) is 158 Å². The molecular weight excluding hydrogens is 889 g/mol. The third-order valence-electron chi connectivity index (χ3n) is 15.5. The standard InChI is InChI=1S/C52H60N12O6/c53-47-45-46(35-8-11-40(12-9-35)70-39-6-2-1-3-7-39)57-64(48(45)55-33-54-47)38-5-4-21-62(32-38)36-19-25-60(26-20-36)52(69)61-29-27-58(28-30-61)22-16-34-17-23-59(24-18-34)37-10-13-41-42(31-37)51(68)63(50(41)67)43-14-15-44(65)56-49(43)66/h1-3,6-13,31,33-34,36,38,43H,4-5,14-30,32H2,(H2,53,54,55)(H,56,65,66)/t38-,43?/m1/s1. The van der Waals surface area contributed by atoms with Crippen molar-refractivity contribution in [3.05, 3.63) is 90.3 Å². The smallest absolute Gasteiger partial charge is 0.320 e. The number of hydrogen-bond acceptors (Lipinski definition) is 13. The van der Waals surface area contributed by atoms with Crippen LogP contribution in [0.4, 0.5) is 16.3 Å². The highest BCUT2D eigenvalue weighted by molar-refractivity contribution is 6.23. The number of imide groups is 2. The van der Waals surface area contributed by atoms with Crippen molar-refractivity contribution in [3.63, 3.8) is 0 Å². The lowest BCUT2D eigenvalue weighted by Gasteiger charge is -2.44. The van der Waals surface area contributed by atoms with Crippen molar-refractivity contribution in [1.82, 2.24) is 49.6 Å². The second-order valence-corrected chi connectivity index (χ2v) is 19.7. The van der Waals surface area contributed by atoms with Crippen LogP contribution in [0, 0.1) is 5.92 Å². The van der Waals surface area contributed by atoms with Gasteiger partial charge in [-0.25, -0.2) is 19.4 Å². The van der Waals surface area contributed by atoms with Gasteiger partial charge in [-0.2, -0.15) is 5.10 Å². The molecule has 5 aromatic rings. The number of urea groups is 1. The van der Waals surface area contributed by atoms with Crippen LogP contribution in [0.1, 0.15) is 84.5 Å². The number of nitrogens with one attached hydrogen (secondary N) is 1. The first-order chi connectivity index (χ1) is 34.1. The summed E-state index contributed by atoms with van der Waals surface area (Å²) in [5.41, 5.74) is 10.5. The van der Waals surface area contributed by atoms with Crippen LogP contribution in [-0.2, 0) is 9.59 Å². The van der Waals surface area contributed by atoms with Gasteiger partial charge in [-0.15, -0.1) is 0 Å². The lowest BCUT2D eigenvalue weighted by atomic mass is 9.92. The van der Waals surface area contributed by atoms with Crippen molar-refractivity contribution in [3.8, 4) is 22.8 Å². The molecule has 0 saturated carbocycles. The Morgan fingerprint density at radius 1 is 0.729 bits per heavy atom. The van der Waals surface area contributed by atoms with Gasteiger partial charge in [0.15, 0.2) is 5.65 Å². The Kier molecular flexibility index (Phi) is 12.7. The molecule has 3 N–H and O–H groups in total. The van der Waals surface area contributed by atoms with E-state index in [1.165, 1.54) is 6.33 Å². The molecule has 18 heteroatoms. The summed E-state index contributed by atoms with van der Waals surface area (Å²) < 4.78 is 8.11. The van der Waals surface area contributed by atoms with E-state index in [0.29, 0.717) is 28.9 Å². The number of fused-ring (bicyclic) bond motifs is 2. The second-order valence-electron chi connectivity index (χ2n) is 19.7. The number of piperidine rings is 4. The number of nitrogens with two attached hydrogens (primary N) is 1. The molecule has 0 aliphatic carbocycles. The molecule has 11 rings (SSSR count). The molecule has 0 spiro atoms. The van der Waals surface area contributed by atoms with E-state index in [2.05, 4.69) is 34.6 Å². The summed E-state index contributed by atoms with van der Waals surface area (Å²) in [7, 11) is 0. The van der Waals surface area contributed by atoms with E-state index < -0.39 is 23.8 Å². The first-order valence-electron chi connectivity index (χ1n) is 25.1. The zero-order valence-corrected chi connectivity index (χ0v) is 39.5. The highest BCUT2D eigenvalue weighted by atomic mass is 16.5. The van der Waals surface area contributed by atoms with E-state index >= 15 is 0 Å². The number of aromatic nitrogens is 4. The van der Waals surface area contributed by atoms with Crippen LogP contribution >= 0.6 is 0 Å². The quantitative estimate of drug-likeness (QED) is 0.169. The van der Waals surface area contributed by atoms with E-state index in [-0.39, 0.29) is 30.8 Å². The number of piperazine rings is 1. The highest BCUT2D eigenvalue weighted by Crippen LogP contribution is 2.37. The van der Waals surface area contributed by atoms with Gasteiger partial charge < -0.3 is 25.2 Å². The van der Waals surface area contributed by atoms with Gasteiger partial charge >= 0.3 is 6.03 Å². The Bertz CT molecular complexity index is 2780. The van der Waals surface area contributed by atoms with Gasteiger partial charge in [0.1, 0.15) is 35.4 Å². The summed E-state index contributed by atoms with van der Waals surface area (Å²) in [6, 6.07) is 22.7. The summed E-state index contributed by atoms with van der Waals surface area (Å²) in [5, 5.41) is 8.20. The highest BCUT2D eigenvalue weighted by Gasteiger charge is 2.45. The van der Waals surface area contributed by atoms with E-state index in [1.807, 2.05) is 65.6 Å². The number of hydrogen-bond donors (Lipinski definition) is 2. The van der Waals surface area contributed by atoms with Crippen molar-refractivity contribution < 1.29 is 28.7 Å². The van der Waals surface area contributed by atoms with Crippen molar-refractivity contribution in [1.29, 1.82) is 0 Å². The SMILES string of the molecule is Nc1ncnc2c1c(-c1ccc(Oc3ccccc3)cc1)nn2[C@@H]1CCCN(C2CCN(C(=O)N3CCN(CCC4CCN(c5ccc6c(c5)C(=O)N(C5CCC(=O)NC5=O)C6=O)CC4)CC3)CC2)C1. The van der Waals surface area contributed by atoms with Crippen LogP contribution < -0.4 is 20.7 Å². The van der Waals surface area contributed by atoms with Crippen molar-refractivity contribution in [2.75, 3.05) is 82.6 Å². The molecule has 6 amide bonds. The predicted octanol–water partition coefficient (Wildman–Crippen LogP) is 5.41. The first kappa shape index (κ1) is 45.5. The summed E-state index contributed by atoms with van der Waals surface area (Å²) in [6.45, 7) is 9.36. The number of rotatable bonds is 10. The van der Waals surface area contributed by atoms with E-state index in [0.717, 1.165) is 161 Å². The molecule has 8 heterocycles. The van der Waals surface area contributed by atoms with Crippen LogP contribution in [0.25, 0.3) is 22.3 Å². The maximum atomic E-state index is 13.8. The zero-order chi connectivity index (χ0) is 47.9. The summed E-state index contributed by atoms with van der Waals surface area (Å²) in [4.78, 5) is 86.1. The second kappa shape index (κ2) is 19.5. The molecule has 5 saturated heterocycles. The topological polar surface area (TPSA) is 196 Å². The van der Waals surface area contributed by atoms with Crippen LogP contribution in [0.3, 0.4) is 0 Å². The predicted molar refractivity (Wildman–Crippen MR) is 262 cm³/mol. The fraction of sp³-hybridized carbons (Fsp3) is 0.462. The van der Waals surface area contributed by atoms with Crippen LogP contribution in [0.2, 0.25) is 0 Å². The molecule has 2 aromatic heterocycles. The molecule has 70 heavy (non-hydrogen) atoms. The van der Waals surface area contributed by atoms with Gasteiger partial charge in [0.25, 0.3) is 11.8 Å². The van der Waals surface area contributed by atoms with Crippen molar-refractivity contribution in [2.45, 2.75) is 75.9 Å². The molecule has 1 unspecified atom stereocenters. The number of nitrogens with zero attached hydrogens (tertiary/aromatic N) is 10. The molecule has 5 fully saturated rings. The molecule has 364 valence electrons. The fourth-order valence-electron chi connectivity index (χ4n) is 11.6. The number of nitrogen functional groups attached to an aromatic ring is 1. The van der Waals surface area contributed by atoms with Crippen LogP contribution in [0.15, 0.2) is 79.1 Å². The van der Waals surface area contributed by atoms with E-state index in [4.69, 9.17) is 20.6 Å². The molecule has 0 radical (unpaired) electrons. The van der Waals surface area contributed by atoms with Gasteiger partial charge in [-0.3, -0.25) is 39.2 Å². The number of carbonyl (C=O) groups is 5. The molecule has 0 bridgehead atoms. The normalized spacial score (nSPS) is 22.2. The Balaban J connectivity index is 0.625. The third-order valence-corrected chi connectivity index (χ3v) is 15.5. The van der Waals surface area contributed by atoms with Gasteiger partial charge in [0, 0.05) is 82.6 Å². The Morgan fingerprint density at radius 3 is 2.21 bits per heavy atom. The minimum Gasteiger partial charge on any atom is -0.457 e. The molecular formula is C52H60N12O6. The molecule has 6 aliphatic rings. The zero-order valence-electron chi connectivity index (χ0n) is 39.5. The Morgan fingerprint density at radius 2 is 1.46 bits per heavy atom. The van der Waals surface area contributed by atoms with Gasteiger partial charge in [-0.05, 0) is 125 Å². The summed E-state index contributed by atoms with van der Waals surface area (Å²) >= 11 is 0. The summed E-state index contributed by atoms with van der Waals surface area (Å²) in [5.74, 6) is 0.556. The van der Waals surface area contributed by atoms with Crippen LogP contribution in [0.5, 0.6) is 11.5 Å². The Hall–Kier alpha value is -6.92. The fourth-order valence-corrected chi connectivity index (χ4v) is 11.6. The average molecular weight is 949 g/mol. The number of amides is 6. The third kappa shape index (κ3) is 9.05. The Labute approximate surface area is 406 Å². The number of benzene rings is 3. The maximum absolute atomic E-state index is 13.8. The van der Waals surface area contributed by atoms with E-state index in [9.17, 15) is 24.0 Å². The summed E-state index contributed by atoms with van der Waals surface area (Å²) in [6.07, 6.45) is 8.86. The first-order valence-corrected chi connectivity index (χ1v) is 25.1. The molecule has 3 aromatic carbocycles. The molecule has 2 atom stereocenters. The maximum Gasteiger partial charge on any atom is 0.320 e. The number of para-hydroxylation sites is 1. The number of likely N-dealkylation sites (tertiary alicyclic amines) is 2.